The zero-order valence-corrected chi connectivity index (χ0v) is 11.2. The number of hydrogen-bond donors (Lipinski definition) is 1. The fraction of sp³-hybridized carbons (Fsp3) is 0.333. The first-order valence-electron chi connectivity index (χ1n) is 6.41. The monoisotopic (exact) mass is 258 g/mol. The molecule has 2 aromatic rings. The van der Waals surface area contributed by atoms with Crippen molar-refractivity contribution in [2.24, 2.45) is 5.73 Å². The second kappa shape index (κ2) is 5.22. The van der Waals surface area contributed by atoms with Crippen LogP contribution in [-0.4, -0.2) is 18.0 Å². The van der Waals surface area contributed by atoms with Gasteiger partial charge in [-0.25, -0.2) is 0 Å². The van der Waals surface area contributed by atoms with Crippen molar-refractivity contribution in [3.8, 4) is 0 Å². The molecule has 0 saturated carbocycles. The smallest absolute Gasteiger partial charge is 0.0476 e. The van der Waals surface area contributed by atoms with E-state index in [0.717, 1.165) is 19.5 Å². The molecule has 0 amide bonds. The summed E-state index contributed by atoms with van der Waals surface area (Å²) in [6.45, 7) is 2.82. The van der Waals surface area contributed by atoms with Crippen LogP contribution in [0.5, 0.6) is 0 Å². The van der Waals surface area contributed by atoms with Crippen LogP contribution in [-0.2, 0) is 13.0 Å². The average molecular weight is 258 g/mol. The molecule has 2 N–H and O–H groups in total. The molecule has 3 rings (SSSR count). The second-order valence-electron chi connectivity index (χ2n) is 4.80. The first-order valence-corrected chi connectivity index (χ1v) is 7.36. The Morgan fingerprint density at radius 2 is 2.17 bits per heavy atom. The van der Waals surface area contributed by atoms with Gasteiger partial charge in [-0.2, -0.15) is 11.3 Å². The predicted octanol–water partition coefficient (Wildman–Crippen LogP) is 2.81. The Balaban J connectivity index is 1.85. The van der Waals surface area contributed by atoms with Crippen molar-refractivity contribution in [3.05, 3.63) is 57.8 Å². The molecule has 0 fully saturated rings. The second-order valence-corrected chi connectivity index (χ2v) is 5.58. The lowest BCUT2D eigenvalue weighted by atomic mass is 9.92. The van der Waals surface area contributed by atoms with Gasteiger partial charge in [-0.1, -0.05) is 24.3 Å². The van der Waals surface area contributed by atoms with Gasteiger partial charge in [0.15, 0.2) is 0 Å². The summed E-state index contributed by atoms with van der Waals surface area (Å²) in [5, 5.41) is 4.37. The summed E-state index contributed by atoms with van der Waals surface area (Å²) in [4.78, 5) is 2.50. The third-order valence-electron chi connectivity index (χ3n) is 3.71. The molecule has 2 heterocycles. The predicted molar refractivity (Wildman–Crippen MR) is 76.7 cm³/mol. The number of thiophene rings is 1. The van der Waals surface area contributed by atoms with Crippen LogP contribution >= 0.6 is 11.3 Å². The third-order valence-corrected chi connectivity index (χ3v) is 4.44. The van der Waals surface area contributed by atoms with Gasteiger partial charge < -0.3 is 5.73 Å². The number of fused-ring (bicyclic) bond motifs is 1. The van der Waals surface area contributed by atoms with Crippen molar-refractivity contribution in [2.75, 3.05) is 13.1 Å². The normalized spacial score (nSPS) is 19.7. The molecule has 2 nitrogen and oxygen atoms in total. The van der Waals surface area contributed by atoms with E-state index < -0.39 is 0 Å². The fourth-order valence-corrected chi connectivity index (χ4v) is 3.45. The van der Waals surface area contributed by atoms with Crippen LogP contribution in [0.1, 0.15) is 22.7 Å². The van der Waals surface area contributed by atoms with Gasteiger partial charge in [0.2, 0.25) is 0 Å². The molecule has 0 radical (unpaired) electrons. The zero-order chi connectivity index (χ0) is 12.4. The van der Waals surface area contributed by atoms with E-state index >= 15 is 0 Å². The molecule has 94 valence electrons. The molecule has 1 aliphatic rings. The Morgan fingerprint density at radius 1 is 1.28 bits per heavy atom. The fourth-order valence-electron chi connectivity index (χ4n) is 2.79. The van der Waals surface area contributed by atoms with E-state index in [1.807, 2.05) is 0 Å². The molecule has 1 aromatic heterocycles. The molecule has 1 unspecified atom stereocenters. The maximum atomic E-state index is 6.00. The Kier molecular flexibility index (Phi) is 3.46. The van der Waals surface area contributed by atoms with Gasteiger partial charge in [0, 0.05) is 25.7 Å². The van der Waals surface area contributed by atoms with Gasteiger partial charge >= 0.3 is 0 Å². The van der Waals surface area contributed by atoms with Crippen molar-refractivity contribution in [2.45, 2.75) is 19.0 Å². The quantitative estimate of drug-likeness (QED) is 0.917. The van der Waals surface area contributed by atoms with Gasteiger partial charge in [-0.3, -0.25) is 4.90 Å². The van der Waals surface area contributed by atoms with Crippen LogP contribution in [0.25, 0.3) is 0 Å². The molecule has 1 aliphatic heterocycles. The van der Waals surface area contributed by atoms with Gasteiger partial charge in [-0.05, 0) is 39.9 Å². The van der Waals surface area contributed by atoms with Crippen molar-refractivity contribution in [3.63, 3.8) is 0 Å². The Morgan fingerprint density at radius 3 is 2.94 bits per heavy atom. The van der Waals surface area contributed by atoms with Crippen LogP contribution in [0.15, 0.2) is 41.1 Å². The summed E-state index contributed by atoms with van der Waals surface area (Å²) in [6, 6.07) is 11.3. The standard InChI is InChI=1S/C15H18N2S/c16-9-15-14-4-2-1-3-13(14)5-7-17(15)10-12-6-8-18-11-12/h1-4,6,8,11,15H,5,7,9-10,16H2. The lowest BCUT2D eigenvalue weighted by Crippen LogP contribution is -2.38. The number of rotatable bonds is 3. The molecule has 0 saturated heterocycles. The van der Waals surface area contributed by atoms with E-state index in [4.69, 9.17) is 5.73 Å². The molecule has 0 bridgehead atoms. The minimum absolute atomic E-state index is 0.370. The average Bonchev–Trinajstić information content (AvgIpc) is 2.91. The Bertz CT molecular complexity index is 507. The topological polar surface area (TPSA) is 29.3 Å². The van der Waals surface area contributed by atoms with E-state index in [1.165, 1.54) is 16.7 Å². The van der Waals surface area contributed by atoms with Gasteiger partial charge in [-0.15, -0.1) is 0 Å². The molecule has 0 spiro atoms. The van der Waals surface area contributed by atoms with Crippen molar-refractivity contribution < 1.29 is 0 Å². The largest absolute Gasteiger partial charge is 0.329 e. The highest BCUT2D eigenvalue weighted by atomic mass is 32.1. The lowest BCUT2D eigenvalue weighted by molar-refractivity contribution is 0.181. The molecular weight excluding hydrogens is 240 g/mol. The van der Waals surface area contributed by atoms with Crippen molar-refractivity contribution >= 4 is 11.3 Å². The first-order chi connectivity index (χ1) is 8.88. The molecule has 18 heavy (non-hydrogen) atoms. The van der Waals surface area contributed by atoms with Crippen LogP contribution in [0.4, 0.5) is 0 Å². The van der Waals surface area contributed by atoms with E-state index in [9.17, 15) is 0 Å². The molecule has 1 aromatic carbocycles. The number of benzene rings is 1. The summed E-state index contributed by atoms with van der Waals surface area (Å²) < 4.78 is 0. The van der Waals surface area contributed by atoms with Crippen LogP contribution in [0, 0.1) is 0 Å². The van der Waals surface area contributed by atoms with E-state index in [-0.39, 0.29) is 0 Å². The number of hydrogen-bond acceptors (Lipinski definition) is 3. The minimum Gasteiger partial charge on any atom is -0.329 e. The van der Waals surface area contributed by atoms with Crippen LogP contribution in [0.2, 0.25) is 0 Å². The molecular formula is C15H18N2S. The molecule has 3 heteroatoms. The summed E-state index contributed by atoms with van der Waals surface area (Å²) in [5.74, 6) is 0. The number of nitrogens with two attached hydrogens (primary N) is 1. The Hall–Kier alpha value is -1.16. The van der Waals surface area contributed by atoms with Gasteiger partial charge in [0.05, 0.1) is 0 Å². The minimum atomic E-state index is 0.370. The van der Waals surface area contributed by atoms with Crippen molar-refractivity contribution in [1.29, 1.82) is 0 Å². The summed E-state index contributed by atoms with van der Waals surface area (Å²) in [6.07, 6.45) is 1.14. The summed E-state index contributed by atoms with van der Waals surface area (Å²) >= 11 is 1.76. The van der Waals surface area contributed by atoms with Gasteiger partial charge in [0.1, 0.15) is 0 Å². The number of nitrogens with zero attached hydrogens (tertiary/aromatic N) is 1. The summed E-state index contributed by atoms with van der Waals surface area (Å²) in [7, 11) is 0. The first kappa shape index (κ1) is 11.9. The van der Waals surface area contributed by atoms with E-state index in [0.29, 0.717) is 12.6 Å². The van der Waals surface area contributed by atoms with Gasteiger partial charge in [0.25, 0.3) is 0 Å². The summed E-state index contributed by atoms with van der Waals surface area (Å²) in [5.41, 5.74) is 10.3. The SMILES string of the molecule is NCC1c2ccccc2CCN1Cc1ccsc1. The Labute approximate surface area is 112 Å². The third kappa shape index (κ3) is 2.21. The zero-order valence-electron chi connectivity index (χ0n) is 10.4. The molecule has 1 atom stereocenters. The lowest BCUT2D eigenvalue weighted by Gasteiger charge is -2.36. The maximum absolute atomic E-state index is 6.00. The highest BCUT2D eigenvalue weighted by Gasteiger charge is 2.25. The van der Waals surface area contributed by atoms with E-state index in [1.54, 1.807) is 11.3 Å². The van der Waals surface area contributed by atoms with Crippen LogP contribution in [0.3, 0.4) is 0 Å². The maximum Gasteiger partial charge on any atom is 0.0476 e. The van der Waals surface area contributed by atoms with Crippen LogP contribution < -0.4 is 5.73 Å². The highest BCUT2D eigenvalue weighted by Crippen LogP contribution is 2.30. The van der Waals surface area contributed by atoms with Crippen molar-refractivity contribution in [1.82, 2.24) is 4.90 Å². The highest BCUT2D eigenvalue weighted by molar-refractivity contribution is 7.07. The molecule has 0 aliphatic carbocycles. The van der Waals surface area contributed by atoms with E-state index in [2.05, 4.69) is 46.0 Å².